The van der Waals surface area contributed by atoms with Gasteiger partial charge in [0.25, 0.3) is 5.91 Å². The summed E-state index contributed by atoms with van der Waals surface area (Å²) >= 11 is 3.30. The summed E-state index contributed by atoms with van der Waals surface area (Å²) in [7, 11) is 1.26. The molecule has 0 saturated carbocycles. The second kappa shape index (κ2) is 7.00. The standard InChI is InChI=1S/C12H14BrNO4/c1-8(12(16)14-7-11(15)17-2)18-10-5-3-9(13)4-6-10/h3-6,8H,7H2,1-2H3,(H,14,16)/t8-/m1/s1. The van der Waals surface area contributed by atoms with Gasteiger partial charge in [-0.15, -0.1) is 0 Å². The Balaban J connectivity index is 2.44. The van der Waals surface area contributed by atoms with Crippen LogP contribution in [0, 0.1) is 0 Å². The molecule has 0 aliphatic heterocycles. The highest BCUT2D eigenvalue weighted by Crippen LogP contribution is 2.17. The van der Waals surface area contributed by atoms with Gasteiger partial charge in [-0.1, -0.05) is 15.9 Å². The van der Waals surface area contributed by atoms with E-state index in [9.17, 15) is 9.59 Å². The van der Waals surface area contributed by atoms with Crippen molar-refractivity contribution in [3.8, 4) is 5.75 Å². The largest absolute Gasteiger partial charge is 0.481 e. The summed E-state index contributed by atoms with van der Waals surface area (Å²) in [4.78, 5) is 22.4. The van der Waals surface area contributed by atoms with Gasteiger partial charge >= 0.3 is 5.97 Å². The number of amides is 1. The van der Waals surface area contributed by atoms with Crippen LogP contribution >= 0.6 is 15.9 Å². The summed E-state index contributed by atoms with van der Waals surface area (Å²) in [5.41, 5.74) is 0. The summed E-state index contributed by atoms with van der Waals surface area (Å²) in [6, 6.07) is 7.12. The number of carbonyl (C=O) groups is 2. The molecule has 0 unspecified atom stereocenters. The Morgan fingerprint density at radius 2 is 1.94 bits per heavy atom. The molecular weight excluding hydrogens is 302 g/mol. The molecule has 5 nitrogen and oxygen atoms in total. The minimum atomic E-state index is -0.684. The number of rotatable bonds is 5. The number of carbonyl (C=O) groups excluding carboxylic acids is 2. The fourth-order valence-corrected chi connectivity index (χ4v) is 1.41. The smallest absolute Gasteiger partial charge is 0.325 e. The molecule has 0 saturated heterocycles. The van der Waals surface area contributed by atoms with Gasteiger partial charge < -0.3 is 14.8 Å². The predicted octanol–water partition coefficient (Wildman–Crippen LogP) is 1.51. The van der Waals surface area contributed by atoms with Gasteiger partial charge in [0.1, 0.15) is 12.3 Å². The highest BCUT2D eigenvalue weighted by Gasteiger charge is 2.15. The molecule has 0 heterocycles. The lowest BCUT2D eigenvalue weighted by Gasteiger charge is -2.14. The van der Waals surface area contributed by atoms with Crippen molar-refractivity contribution < 1.29 is 19.1 Å². The van der Waals surface area contributed by atoms with Crippen LogP contribution in [0.25, 0.3) is 0 Å². The lowest BCUT2D eigenvalue weighted by atomic mass is 10.3. The Kier molecular flexibility index (Phi) is 5.64. The first-order chi connectivity index (χ1) is 8.52. The first-order valence-corrected chi connectivity index (χ1v) is 6.09. The fraction of sp³-hybridized carbons (Fsp3) is 0.333. The van der Waals surface area contributed by atoms with Crippen molar-refractivity contribution in [2.24, 2.45) is 0 Å². The minimum Gasteiger partial charge on any atom is -0.481 e. The molecule has 18 heavy (non-hydrogen) atoms. The second-order valence-electron chi connectivity index (χ2n) is 3.51. The third-order valence-corrected chi connectivity index (χ3v) is 2.66. The van der Waals surface area contributed by atoms with Crippen molar-refractivity contribution in [3.05, 3.63) is 28.7 Å². The number of hydrogen-bond donors (Lipinski definition) is 1. The summed E-state index contributed by atoms with van der Waals surface area (Å²) < 4.78 is 10.8. The lowest BCUT2D eigenvalue weighted by molar-refractivity contribution is -0.141. The van der Waals surface area contributed by atoms with E-state index in [4.69, 9.17) is 4.74 Å². The predicted molar refractivity (Wildman–Crippen MR) is 69.3 cm³/mol. The summed E-state index contributed by atoms with van der Waals surface area (Å²) in [5, 5.41) is 2.42. The minimum absolute atomic E-state index is 0.163. The summed E-state index contributed by atoms with van der Waals surface area (Å²) in [6.45, 7) is 1.44. The molecule has 0 aromatic heterocycles. The Morgan fingerprint density at radius 3 is 2.50 bits per heavy atom. The number of esters is 1. The first-order valence-electron chi connectivity index (χ1n) is 5.29. The zero-order chi connectivity index (χ0) is 13.5. The second-order valence-corrected chi connectivity index (χ2v) is 4.42. The van der Waals surface area contributed by atoms with E-state index in [2.05, 4.69) is 26.0 Å². The number of benzene rings is 1. The lowest BCUT2D eigenvalue weighted by Crippen LogP contribution is -2.39. The normalized spacial score (nSPS) is 11.5. The molecule has 0 spiro atoms. The van der Waals surface area contributed by atoms with E-state index >= 15 is 0 Å². The van der Waals surface area contributed by atoms with E-state index in [1.807, 2.05) is 12.1 Å². The van der Waals surface area contributed by atoms with Gasteiger partial charge in [0.2, 0.25) is 0 Å². The number of ether oxygens (including phenoxy) is 2. The number of methoxy groups -OCH3 is 1. The number of halogens is 1. The van der Waals surface area contributed by atoms with Crippen molar-refractivity contribution in [3.63, 3.8) is 0 Å². The van der Waals surface area contributed by atoms with Gasteiger partial charge in [-0.3, -0.25) is 9.59 Å². The van der Waals surface area contributed by atoms with E-state index in [0.717, 1.165) is 4.47 Å². The van der Waals surface area contributed by atoms with Crippen molar-refractivity contribution in [2.75, 3.05) is 13.7 Å². The maximum absolute atomic E-state index is 11.6. The number of nitrogens with one attached hydrogen (secondary N) is 1. The molecule has 1 rings (SSSR count). The third-order valence-electron chi connectivity index (χ3n) is 2.13. The van der Waals surface area contributed by atoms with Crippen molar-refractivity contribution in [1.29, 1.82) is 0 Å². The van der Waals surface area contributed by atoms with E-state index in [1.165, 1.54) is 7.11 Å². The topological polar surface area (TPSA) is 64.6 Å². The van der Waals surface area contributed by atoms with Crippen LogP contribution in [0.5, 0.6) is 5.75 Å². The van der Waals surface area contributed by atoms with Crippen LogP contribution in [0.4, 0.5) is 0 Å². The Hall–Kier alpha value is -1.56. The van der Waals surface area contributed by atoms with Gasteiger partial charge in [-0.25, -0.2) is 0 Å². The molecule has 1 amide bonds. The average molecular weight is 316 g/mol. The Bertz CT molecular complexity index is 419. The summed E-state index contributed by atoms with van der Waals surface area (Å²) in [6.07, 6.45) is -0.684. The third kappa shape index (κ3) is 4.75. The molecule has 1 N–H and O–H groups in total. The van der Waals surface area contributed by atoms with Crippen molar-refractivity contribution in [1.82, 2.24) is 5.32 Å². The molecule has 1 aromatic rings. The first kappa shape index (κ1) is 14.5. The van der Waals surface area contributed by atoms with Gasteiger partial charge in [-0.2, -0.15) is 0 Å². The zero-order valence-corrected chi connectivity index (χ0v) is 11.7. The van der Waals surface area contributed by atoms with Crippen molar-refractivity contribution >= 4 is 27.8 Å². The number of hydrogen-bond acceptors (Lipinski definition) is 4. The maximum Gasteiger partial charge on any atom is 0.325 e. The maximum atomic E-state index is 11.6. The Morgan fingerprint density at radius 1 is 1.33 bits per heavy atom. The molecule has 6 heteroatoms. The van der Waals surface area contributed by atoms with Crippen LogP contribution in [0.3, 0.4) is 0 Å². The SMILES string of the molecule is COC(=O)CNC(=O)[C@@H](C)Oc1ccc(Br)cc1. The quantitative estimate of drug-likeness (QED) is 0.836. The molecule has 0 aliphatic carbocycles. The fourth-order valence-electron chi connectivity index (χ4n) is 1.15. The van der Waals surface area contributed by atoms with E-state index < -0.39 is 12.1 Å². The van der Waals surface area contributed by atoms with Crippen LogP contribution in [0.15, 0.2) is 28.7 Å². The monoisotopic (exact) mass is 315 g/mol. The molecule has 0 aliphatic rings. The van der Waals surface area contributed by atoms with Gasteiger partial charge in [0.15, 0.2) is 6.10 Å². The molecule has 0 fully saturated rings. The zero-order valence-electron chi connectivity index (χ0n) is 10.1. The van der Waals surface area contributed by atoms with E-state index in [0.29, 0.717) is 5.75 Å². The van der Waals surface area contributed by atoms with Crippen LogP contribution in [-0.2, 0) is 14.3 Å². The molecular formula is C12H14BrNO4. The highest BCUT2D eigenvalue weighted by molar-refractivity contribution is 9.10. The summed E-state index contributed by atoms with van der Waals surface area (Å²) in [5.74, 6) is -0.290. The van der Waals surface area contributed by atoms with E-state index in [1.54, 1.807) is 19.1 Å². The van der Waals surface area contributed by atoms with Crippen LogP contribution < -0.4 is 10.1 Å². The van der Waals surface area contributed by atoms with E-state index in [-0.39, 0.29) is 12.5 Å². The van der Waals surface area contributed by atoms with Crippen molar-refractivity contribution in [2.45, 2.75) is 13.0 Å². The van der Waals surface area contributed by atoms with Crippen LogP contribution in [0.2, 0.25) is 0 Å². The van der Waals surface area contributed by atoms with Gasteiger partial charge in [0.05, 0.1) is 7.11 Å². The molecule has 1 aromatic carbocycles. The highest BCUT2D eigenvalue weighted by atomic mass is 79.9. The van der Waals surface area contributed by atoms with Gasteiger partial charge in [-0.05, 0) is 31.2 Å². The molecule has 0 bridgehead atoms. The molecule has 98 valence electrons. The molecule has 0 radical (unpaired) electrons. The molecule has 1 atom stereocenters. The van der Waals surface area contributed by atoms with Gasteiger partial charge in [0, 0.05) is 4.47 Å². The Labute approximate surface area is 114 Å². The van der Waals surface area contributed by atoms with Crippen LogP contribution in [0.1, 0.15) is 6.92 Å². The van der Waals surface area contributed by atoms with Crippen LogP contribution in [-0.4, -0.2) is 31.6 Å². The average Bonchev–Trinajstić information content (AvgIpc) is 2.38.